The van der Waals surface area contributed by atoms with Crippen molar-refractivity contribution in [2.24, 2.45) is 0 Å². The SMILES string of the molecule is c1ccc(CN2CCCNCCC2)nc1. The van der Waals surface area contributed by atoms with Gasteiger partial charge in [0, 0.05) is 12.7 Å². The number of nitrogens with zero attached hydrogens (tertiary/aromatic N) is 2. The Morgan fingerprint density at radius 2 is 2.00 bits per heavy atom. The number of nitrogens with one attached hydrogen (secondary N) is 1. The summed E-state index contributed by atoms with van der Waals surface area (Å²) in [6, 6.07) is 6.14. The molecule has 1 aliphatic heterocycles. The summed E-state index contributed by atoms with van der Waals surface area (Å²) in [5, 5.41) is 3.43. The van der Waals surface area contributed by atoms with Crippen LogP contribution in [0, 0.1) is 0 Å². The van der Waals surface area contributed by atoms with E-state index in [9.17, 15) is 0 Å². The second-order valence-corrected chi connectivity index (χ2v) is 4.05. The summed E-state index contributed by atoms with van der Waals surface area (Å²) in [6.07, 6.45) is 4.36. The molecule has 1 fully saturated rings. The topological polar surface area (TPSA) is 28.2 Å². The Bertz CT molecular complexity index is 265. The lowest BCUT2D eigenvalue weighted by Gasteiger charge is -2.24. The average molecular weight is 205 g/mol. The molecule has 1 saturated heterocycles. The van der Waals surface area contributed by atoms with E-state index < -0.39 is 0 Å². The van der Waals surface area contributed by atoms with E-state index in [-0.39, 0.29) is 0 Å². The van der Waals surface area contributed by atoms with Crippen LogP contribution in [0.3, 0.4) is 0 Å². The lowest BCUT2D eigenvalue weighted by molar-refractivity contribution is 0.242. The van der Waals surface area contributed by atoms with Crippen molar-refractivity contribution < 1.29 is 0 Å². The van der Waals surface area contributed by atoms with Crippen LogP contribution in [0.5, 0.6) is 0 Å². The first kappa shape index (κ1) is 10.6. The fourth-order valence-corrected chi connectivity index (χ4v) is 1.97. The third-order valence-electron chi connectivity index (χ3n) is 2.77. The van der Waals surface area contributed by atoms with Gasteiger partial charge in [0.2, 0.25) is 0 Å². The van der Waals surface area contributed by atoms with Crippen molar-refractivity contribution in [3.8, 4) is 0 Å². The first-order valence-corrected chi connectivity index (χ1v) is 5.78. The second-order valence-electron chi connectivity index (χ2n) is 4.05. The molecule has 82 valence electrons. The monoisotopic (exact) mass is 205 g/mol. The Hall–Kier alpha value is -0.930. The van der Waals surface area contributed by atoms with Gasteiger partial charge in [0.25, 0.3) is 0 Å². The van der Waals surface area contributed by atoms with Crippen molar-refractivity contribution in [2.75, 3.05) is 26.2 Å². The molecule has 1 aromatic rings. The smallest absolute Gasteiger partial charge is 0.0543 e. The minimum Gasteiger partial charge on any atom is -0.317 e. The van der Waals surface area contributed by atoms with Crippen LogP contribution in [0.4, 0.5) is 0 Å². The predicted octanol–water partition coefficient (Wildman–Crippen LogP) is 1.27. The van der Waals surface area contributed by atoms with Gasteiger partial charge in [-0.2, -0.15) is 0 Å². The van der Waals surface area contributed by atoms with Crippen LogP contribution in [0.2, 0.25) is 0 Å². The molecule has 15 heavy (non-hydrogen) atoms. The van der Waals surface area contributed by atoms with Crippen molar-refractivity contribution in [1.29, 1.82) is 0 Å². The Morgan fingerprint density at radius 1 is 1.20 bits per heavy atom. The molecule has 1 N–H and O–H groups in total. The van der Waals surface area contributed by atoms with Crippen molar-refractivity contribution >= 4 is 0 Å². The van der Waals surface area contributed by atoms with Crippen LogP contribution in [0.15, 0.2) is 24.4 Å². The van der Waals surface area contributed by atoms with Crippen LogP contribution in [0.1, 0.15) is 18.5 Å². The summed E-state index contributed by atoms with van der Waals surface area (Å²) in [7, 11) is 0. The standard InChI is InChI=1S/C12H19N3/c1-2-8-14-12(5-1)11-15-9-3-6-13-7-4-10-15/h1-2,5,8,13H,3-4,6-7,9-11H2. The molecule has 0 unspecified atom stereocenters. The highest BCUT2D eigenvalue weighted by Gasteiger charge is 2.08. The molecule has 0 spiro atoms. The van der Waals surface area contributed by atoms with Gasteiger partial charge in [0.1, 0.15) is 0 Å². The Labute approximate surface area is 91.5 Å². The van der Waals surface area contributed by atoms with E-state index in [1.807, 2.05) is 12.3 Å². The molecule has 1 aromatic heterocycles. The van der Waals surface area contributed by atoms with Gasteiger partial charge in [0.05, 0.1) is 5.69 Å². The quantitative estimate of drug-likeness (QED) is 0.788. The lowest BCUT2D eigenvalue weighted by atomic mass is 10.2. The highest BCUT2D eigenvalue weighted by atomic mass is 15.1. The van der Waals surface area contributed by atoms with Gasteiger partial charge in [-0.1, -0.05) is 6.07 Å². The molecule has 0 aromatic carbocycles. The molecule has 3 nitrogen and oxygen atoms in total. The number of hydrogen-bond acceptors (Lipinski definition) is 3. The highest BCUT2D eigenvalue weighted by Crippen LogP contribution is 2.04. The van der Waals surface area contributed by atoms with Gasteiger partial charge in [0.15, 0.2) is 0 Å². The van der Waals surface area contributed by atoms with Gasteiger partial charge in [-0.15, -0.1) is 0 Å². The molecule has 0 saturated carbocycles. The largest absolute Gasteiger partial charge is 0.317 e. The zero-order chi connectivity index (χ0) is 10.3. The normalized spacial score (nSPS) is 19.5. The molecule has 2 rings (SSSR count). The van der Waals surface area contributed by atoms with E-state index >= 15 is 0 Å². The number of pyridine rings is 1. The van der Waals surface area contributed by atoms with E-state index in [1.165, 1.54) is 31.6 Å². The fourth-order valence-electron chi connectivity index (χ4n) is 1.97. The molecule has 0 amide bonds. The van der Waals surface area contributed by atoms with E-state index in [0.29, 0.717) is 0 Å². The number of aromatic nitrogens is 1. The fraction of sp³-hybridized carbons (Fsp3) is 0.583. The number of hydrogen-bond donors (Lipinski definition) is 1. The van der Waals surface area contributed by atoms with Crippen LogP contribution < -0.4 is 5.32 Å². The highest BCUT2D eigenvalue weighted by molar-refractivity contribution is 5.03. The molecule has 0 bridgehead atoms. The second kappa shape index (κ2) is 5.83. The first-order chi connectivity index (χ1) is 7.45. The maximum absolute atomic E-state index is 4.37. The summed E-state index contributed by atoms with van der Waals surface area (Å²) in [5.41, 5.74) is 1.19. The third-order valence-corrected chi connectivity index (χ3v) is 2.77. The molecule has 2 heterocycles. The van der Waals surface area contributed by atoms with E-state index in [4.69, 9.17) is 0 Å². The Kier molecular flexibility index (Phi) is 4.11. The summed E-state index contributed by atoms with van der Waals surface area (Å²) in [4.78, 5) is 6.87. The van der Waals surface area contributed by atoms with Crippen LogP contribution in [0.25, 0.3) is 0 Å². The van der Waals surface area contributed by atoms with Gasteiger partial charge in [-0.05, 0) is 51.2 Å². The van der Waals surface area contributed by atoms with Crippen LogP contribution >= 0.6 is 0 Å². The van der Waals surface area contributed by atoms with Gasteiger partial charge < -0.3 is 5.32 Å². The molecule has 3 heteroatoms. The Balaban J connectivity index is 1.86. The first-order valence-electron chi connectivity index (χ1n) is 5.78. The van der Waals surface area contributed by atoms with E-state index in [0.717, 1.165) is 19.6 Å². The Morgan fingerprint density at radius 3 is 2.67 bits per heavy atom. The van der Waals surface area contributed by atoms with Crippen molar-refractivity contribution in [2.45, 2.75) is 19.4 Å². The number of rotatable bonds is 2. The van der Waals surface area contributed by atoms with E-state index in [2.05, 4.69) is 27.3 Å². The van der Waals surface area contributed by atoms with Crippen molar-refractivity contribution in [3.63, 3.8) is 0 Å². The molecular weight excluding hydrogens is 186 g/mol. The minimum absolute atomic E-state index is 1.00. The van der Waals surface area contributed by atoms with Gasteiger partial charge in [-0.25, -0.2) is 0 Å². The van der Waals surface area contributed by atoms with Crippen molar-refractivity contribution in [1.82, 2.24) is 15.2 Å². The van der Waals surface area contributed by atoms with Gasteiger partial charge >= 0.3 is 0 Å². The molecular formula is C12H19N3. The maximum atomic E-state index is 4.37. The average Bonchev–Trinajstić information content (AvgIpc) is 2.23. The zero-order valence-electron chi connectivity index (χ0n) is 9.15. The maximum Gasteiger partial charge on any atom is 0.0543 e. The third kappa shape index (κ3) is 3.61. The molecule has 0 radical (unpaired) electrons. The van der Waals surface area contributed by atoms with Crippen LogP contribution in [-0.2, 0) is 6.54 Å². The summed E-state index contributed by atoms with van der Waals surface area (Å²) < 4.78 is 0. The summed E-state index contributed by atoms with van der Waals surface area (Å²) in [5.74, 6) is 0. The van der Waals surface area contributed by atoms with Gasteiger partial charge in [-0.3, -0.25) is 9.88 Å². The summed E-state index contributed by atoms with van der Waals surface area (Å²) >= 11 is 0. The lowest BCUT2D eigenvalue weighted by Crippen LogP contribution is -2.33. The van der Waals surface area contributed by atoms with Crippen LogP contribution in [-0.4, -0.2) is 36.1 Å². The minimum atomic E-state index is 1.00. The summed E-state index contributed by atoms with van der Waals surface area (Å²) in [6.45, 7) is 5.67. The molecule has 0 aliphatic carbocycles. The molecule has 0 atom stereocenters. The zero-order valence-corrected chi connectivity index (χ0v) is 9.15. The van der Waals surface area contributed by atoms with Crippen molar-refractivity contribution in [3.05, 3.63) is 30.1 Å². The predicted molar refractivity (Wildman–Crippen MR) is 61.6 cm³/mol. The van der Waals surface area contributed by atoms with E-state index in [1.54, 1.807) is 0 Å². The molecule has 1 aliphatic rings.